The standard InChI is InChI=1S/C17H23N3O3/c1-10(2)12-8-15(22-18-12)14-6-5-7-20(14)17(21)16-9-13(11(3)4)19-23-16/h8-11,14H,5-7H2,1-4H3. The van der Waals surface area contributed by atoms with E-state index in [4.69, 9.17) is 9.05 Å². The second-order valence-corrected chi connectivity index (χ2v) is 6.74. The number of hydrogen-bond acceptors (Lipinski definition) is 5. The molecule has 3 rings (SSSR count). The number of hydrogen-bond donors (Lipinski definition) is 0. The van der Waals surface area contributed by atoms with Crippen molar-refractivity contribution in [2.24, 2.45) is 0 Å². The van der Waals surface area contributed by atoms with Gasteiger partial charge >= 0.3 is 0 Å². The molecule has 1 fully saturated rings. The van der Waals surface area contributed by atoms with Crippen LogP contribution in [0.25, 0.3) is 0 Å². The first-order valence-corrected chi connectivity index (χ1v) is 8.21. The minimum absolute atomic E-state index is 0.0740. The average molecular weight is 317 g/mol. The molecule has 0 aromatic carbocycles. The number of carbonyl (C=O) groups excluding carboxylic acids is 1. The first kappa shape index (κ1) is 15.8. The third-order valence-electron chi connectivity index (χ3n) is 4.31. The lowest BCUT2D eigenvalue weighted by atomic mass is 10.1. The highest BCUT2D eigenvalue weighted by atomic mass is 16.5. The summed E-state index contributed by atoms with van der Waals surface area (Å²) in [6.07, 6.45) is 1.82. The van der Waals surface area contributed by atoms with Crippen LogP contribution in [0.15, 0.2) is 21.2 Å². The zero-order chi connectivity index (χ0) is 16.6. The van der Waals surface area contributed by atoms with Crippen molar-refractivity contribution in [2.75, 3.05) is 6.54 Å². The Kier molecular flexibility index (Phi) is 4.24. The Bertz CT molecular complexity index is 687. The summed E-state index contributed by atoms with van der Waals surface area (Å²) >= 11 is 0. The molecule has 1 amide bonds. The second kappa shape index (κ2) is 6.18. The molecule has 0 spiro atoms. The van der Waals surface area contributed by atoms with E-state index in [2.05, 4.69) is 24.2 Å². The van der Waals surface area contributed by atoms with Gasteiger partial charge in [-0.2, -0.15) is 0 Å². The Hall–Kier alpha value is -2.11. The summed E-state index contributed by atoms with van der Waals surface area (Å²) in [5.41, 5.74) is 1.71. The molecular weight excluding hydrogens is 294 g/mol. The van der Waals surface area contributed by atoms with Crippen molar-refractivity contribution in [2.45, 2.75) is 58.4 Å². The molecule has 2 aromatic rings. The van der Waals surface area contributed by atoms with Gasteiger partial charge in [0.25, 0.3) is 5.91 Å². The molecule has 1 aliphatic rings. The van der Waals surface area contributed by atoms with Crippen LogP contribution >= 0.6 is 0 Å². The molecule has 1 saturated heterocycles. The van der Waals surface area contributed by atoms with Crippen molar-refractivity contribution in [1.29, 1.82) is 0 Å². The van der Waals surface area contributed by atoms with Crippen molar-refractivity contribution in [3.63, 3.8) is 0 Å². The van der Waals surface area contributed by atoms with Crippen molar-refractivity contribution < 1.29 is 13.8 Å². The van der Waals surface area contributed by atoms with Gasteiger partial charge in [-0.25, -0.2) is 0 Å². The zero-order valence-corrected chi connectivity index (χ0v) is 14.1. The maximum absolute atomic E-state index is 12.7. The van der Waals surface area contributed by atoms with Crippen LogP contribution in [0.1, 0.15) is 86.1 Å². The number of carbonyl (C=O) groups is 1. The number of nitrogens with zero attached hydrogens (tertiary/aromatic N) is 3. The predicted molar refractivity (Wildman–Crippen MR) is 84.2 cm³/mol. The predicted octanol–water partition coefficient (Wildman–Crippen LogP) is 3.89. The van der Waals surface area contributed by atoms with Gasteiger partial charge in [0.2, 0.25) is 5.76 Å². The molecule has 3 heterocycles. The van der Waals surface area contributed by atoms with Gasteiger partial charge in [0.05, 0.1) is 17.4 Å². The minimum atomic E-state index is -0.130. The van der Waals surface area contributed by atoms with E-state index >= 15 is 0 Å². The van der Waals surface area contributed by atoms with Crippen molar-refractivity contribution in [3.8, 4) is 0 Å². The van der Waals surface area contributed by atoms with Crippen molar-refractivity contribution in [3.05, 3.63) is 35.0 Å². The van der Waals surface area contributed by atoms with E-state index in [-0.39, 0.29) is 17.9 Å². The summed E-state index contributed by atoms with van der Waals surface area (Å²) in [7, 11) is 0. The lowest BCUT2D eigenvalue weighted by Crippen LogP contribution is -2.30. The van der Waals surface area contributed by atoms with Crippen LogP contribution in [0.4, 0.5) is 0 Å². The fourth-order valence-corrected chi connectivity index (χ4v) is 2.84. The Labute approximate surface area is 135 Å². The molecular formula is C17H23N3O3. The Morgan fingerprint density at radius 2 is 1.78 bits per heavy atom. The summed E-state index contributed by atoms with van der Waals surface area (Å²) < 4.78 is 10.7. The fraction of sp³-hybridized carbons (Fsp3) is 0.588. The number of aromatic nitrogens is 2. The normalized spacial score (nSPS) is 18.3. The molecule has 124 valence electrons. The molecule has 6 heteroatoms. The highest BCUT2D eigenvalue weighted by molar-refractivity contribution is 5.92. The zero-order valence-electron chi connectivity index (χ0n) is 14.1. The van der Waals surface area contributed by atoms with Gasteiger partial charge < -0.3 is 13.9 Å². The lowest BCUT2D eigenvalue weighted by molar-refractivity contribution is 0.0672. The summed E-state index contributed by atoms with van der Waals surface area (Å²) in [6.45, 7) is 8.88. The van der Waals surface area contributed by atoms with Crippen LogP contribution in [0.5, 0.6) is 0 Å². The van der Waals surface area contributed by atoms with Crippen LogP contribution in [0.3, 0.4) is 0 Å². The van der Waals surface area contributed by atoms with E-state index in [0.717, 1.165) is 30.0 Å². The highest BCUT2D eigenvalue weighted by Crippen LogP contribution is 2.34. The van der Waals surface area contributed by atoms with Gasteiger partial charge in [-0.05, 0) is 24.7 Å². The van der Waals surface area contributed by atoms with Crippen LogP contribution in [0.2, 0.25) is 0 Å². The largest absolute Gasteiger partial charge is 0.359 e. The van der Waals surface area contributed by atoms with Crippen molar-refractivity contribution >= 4 is 5.91 Å². The molecule has 2 aromatic heterocycles. The maximum atomic E-state index is 12.7. The van der Waals surface area contributed by atoms with Gasteiger partial charge in [-0.15, -0.1) is 0 Å². The Morgan fingerprint density at radius 1 is 1.13 bits per heavy atom. The molecule has 0 N–H and O–H groups in total. The van der Waals surface area contributed by atoms with Crippen LogP contribution in [-0.2, 0) is 0 Å². The molecule has 0 aliphatic carbocycles. The highest BCUT2D eigenvalue weighted by Gasteiger charge is 2.35. The first-order valence-electron chi connectivity index (χ1n) is 8.21. The van der Waals surface area contributed by atoms with Crippen LogP contribution in [0, 0.1) is 0 Å². The first-order chi connectivity index (χ1) is 11.0. The van der Waals surface area contributed by atoms with E-state index in [1.807, 2.05) is 19.9 Å². The summed E-state index contributed by atoms with van der Waals surface area (Å²) in [5, 5.41) is 8.08. The van der Waals surface area contributed by atoms with Gasteiger partial charge in [0.1, 0.15) is 0 Å². The lowest BCUT2D eigenvalue weighted by Gasteiger charge is -2.21. The molecule has 0 radical (unpaired) electrons. The Balaban J connectivity index is 1.81. The smallest absolute Gasteiger partial charge is 0.293 e. The summed E-state index contributed by atoms with van der Waals surface area (Å²) in [5.74, 6) is 1.46. The third-order valence-corrected chi connectivity index (χ3v) is 4.31. The summed E-state index contributed by atoms with van der Waals surface area (Å²) in [4.78, 5) is 14.5. The van der Waals surface area contributed by atoms with E-state index < -0.39 is 0 Å². The molecule has 0 saturated carbocycles. The Morgan fingerprint density at radius 3 is 2.39 bits per heavy atom. The quantitative estimate of drug-likeness (QED) is 0.855. The molecule has 1 atom stereocenters. The molecule has 1 aliphatic heterocycles. The molecule has 1 unspecified atom stereocenters. The molecule has 0 bridgehead atoms. The SMILES string of the molecule is CC(C)c1cc(C(=O)N2CCCC2c2cc(C(C)C)no2)on1. The number of amides is 1. The average Bonchev–Trinajstić information content (AvgIpc) is 3.24. The van der Waals surface area contributed by atoms with Crippen LogP contribution in [-0.4, -0.2) is 27.7 Å². The van der Waals surface area contributed by atoms with Gasteiger partial charge in [-0.3, -0.25) is 4.79 Å². The van der Waals surface area contributed by atoms with E-state index in [1.165, 1.54) is 0 Å². The monoisotopic (exact) mass is 317 g/mol. The van der Waals surface area contributed by atoms with Gasteiger partial charge in [-0.1, -0.05) is 38.0 Å². The summed E-state index contributed by atoms with van der Waals surface area (Å²) in [6, 6.07) is 3.62. The van der Waals surface area contributed by atoms with Gasteiger partial charge in [0.15, 0.2) is 5.76 Å². The van der Waals surface area contributed by atoms with Gasteiger partial charge in [0, 0.05) is 18.7 Å². The number of rotatable bonds is 4. The van der Waals surface area contributed by atoms with Crippen LogP contribution < -0.4 is 0 Å². The molecule has 6 nitrogen and oxygen atoms in total. The van der Waals surface area contributed by atoms with E-state index in [9.17, 15) is 4.79 Å². The van der Waals surface area contributed by atoms with Crippen molar-refractivity contribution in [1.82, 2.24) is 15.2 Å². The minimum Gasteiger partial charge on any atom is -0.359 e. The molecule has 23 heavy (non-hydrogen) atoms. The fourth-order valence-electron chi connectivity index (χ4n) is 2.84. The number of likely N-dealkylation sites (tertiary alicyclic amines) is 1. The second-order valence-electron chi connectivity index (χ2n) is 6.74. The maximum Gasteiger partial charge on any atom is 0.293 e. The van der Waals surface area contributed by atoms with E-state index in [1.54, 1.807) is 11.0 Å². The topological polar surface area (TPSA) is 72.4 Å². The third kappa shape index (κ3) is 3.02. The van der Waals surface area contributed by atoms with E-state index in [0.29, 0.717) is 18.2 Å².